The number of ether oxygens (including phenoxy) is 1. The molecule has 0 saturated carbocycles. The zero-order valence-electron chi connectivity index (χ0n) is 67.1. The third-order valence-electron chi connectivity index (χ3n) is 18.7. The summed E-state index contributed by atoms with van der Waals surface area (Å²) in [5.74, 6) is -4.38. The van der Waals surface area contributed by atoms with Gasteiger partial charge < -0.3 is 35.1 Å². The van der Waals surface area contributed by atoms with Gasteiger partial charge in [-0.25, -0.2) is 69.4 Å². The zero-order chi connectivity index (χ0) is 93.6. The molecule has 0 bridgehead atoms. The number of benzene rings is 5. The van der Waals surface area contributed by atoms with E-state index in [0.717, 1.165) is 105 Å². The lowest BCUT2D eigenvalue weighted by Gasteiger charge is -2.09. The summed E-state index contributed by atoms with van der Waals surface area (Å²) in [6.45, 7) is -0.478. The fourth-order valence-electron chi connectivity index (χ4n) is 12.0. The largest absolute Gasteiger partial charge is 0.473 e. The summed E-state index contributed by atoms with van der Waals surface area (Å²) < 4.78 is 325. The molecular formula is C86H66F24N18O. The van der Waals surface area contributed by atoms with Gasteiger partial charge in [-0.2, -0.15) is 81.2 Å². The normalized spacial score (nSPS) is 11.6. The van der Waals surface area contributed by atoms with Crippen LogP contribution >= 0.6 is 0 Å². The second-order valence-corrected chi connectivity index (χ2v) is 27.6. The van der Waals surface area contributed by atoms with E-state index >= 15 is 0 Å². The molecule has 0 amide bonds. The first-order valence-corrected chi connectivity index (χ1v) is 37.4. The average Bonchev–Trinajstić information content (AvgIpc) is 1.70. The van der Waals surface area contributed by atoms with E-state index in [1.807, 2.05) is 0 Å². The first-order chi connectivity index (χ1) is 60.9. The SMILES string of the molecule is Cn1cc(C(F)(F)F)cc1-c1ccc(NCc2c(F)cccc2F)nc1.Cn1cc(C(F)(F)F)cc1-c1cnc(NCc2c(F)cccc2F)cn1.Cn1nc(C(F)(F)F)cc1-c1ccc(NCc2c(F)cccc2F)nc1.Cn1nc(C(F)(F)F)cc1-c1ccc(NCc2ccccc2F)nc1.Cn1nc(C(F)(F)F)cc1-c1ccc(OCc2c(F)cccc2F)nc1. The molecule has 0 fully saturated rings. The highest BCUT2D eigenvalue weighted by molar-refractivity contribution is 5.65. The molecule has 15 aromatic rings. The van der Waals surface area contributed by atoms with Crippen LogP contribution in [0, 0.1) is 52.4 Å². The van der Waals surface area contributed by atoms with Gasteiger partial charge in [0.15, 0.2) is 17.1 Å². The van der Waals surface area contributed by atoms with Crippen molar-refractivity contribution >= 4 is 23.3 Å². The van der Waals surface area contributed by atoms with Gasteiger partial charge in [0.2, 0.25) is 5.88 Å². The van der Waals surface area contributed by atoms with E-state index in [9.17, 15) is 105 Å². The van der Waals surface area contributed by atoms with E-state index in [1.165, 1.54) is 136 Å². The molecule has 0 aliphatic rings. The standard InChI is InChI=1S/C18H14F5N3.2C17H13F5N4.C17H12F5N3O.C17H14F4N4/c1-26-10-12(18(21,22)23)7-16(26)11-5-6-17(24-8-11)25-9-13-14(19)3-2-4-15(13)20;1-26-9-10(17(20,21)22)5-15(26)14-7-25-16(8-23-14)24-6-11-12(18)3-2-4-13(11)19;1-26-14(7-15(25-26)17(20,21)22)10-5-6-16(23-8-10)24-9-11-12(18)3-2-4-13(11)19;1-25-14(7-15(24-25)17(20,21)22)10-5-6-16(23-8-10)26-9-11-12(18)3-2-4-13(11)19;1-25-14(8-15(24-25)17(19,20)21)12-6-7-16(23-10-12)22-9-11-4-2-3-5-13(11)18/h2-8,10H,9H2,1H3,(H,24,25);2-5,7-9H,6H2,1H3,(H,24,25);2-8H,9H2,1H3,(H,23,24);2-8H,9H2,1H3;2-8,10H,9H2,1H3,(H,22,23). The molecule has 0 spiro atoms. The highest BCUT2D eigenvalue weighted by Crippen LogP contribution is 2.39. The lowest BCUT2D eigenvalue weighted by atomic mass is 10.2. The summed E-state index contributed by atoms with van der Waals surface area (Å²) in [5, 5.41) is 21.6. The molecule has 10 aromatic heterocycles. The van der Waals surface area contributed by atoms with Crippen molar-refractivity contribution in [3.05, 3.63) is 334 Å². The Morgan fingerprint density at radius 2 is 0.605 bits per heavy atom. The monoisotopic (exact) mass is 1820 g/mol. The molecule has 5 aromatic carbocycles. The second-order valence-electron chi connectivity index (χ2n) is 27.6. The Morgan fingerprint density at radius 1 is 0.287 bits per heavy atom. The van der Waals surface area contributed by atoms with Crippen LogP contribution in [0.5, 0.6) is 5.88 Å². The van der Waals surface area contributed by atoms with Crippen LogP contribution in [0.4, 0.5) is 129 Å². The quantitative estimate of drug-likeness (QED) is 0.0526. The van der Waals surface area contributed by atoms with Gasteiger partial charge in [0.05, 0.1) is 51.9 Å². The van der Waals surface area contributed by atoms with E-state index < -0.39 is 106 Å². The lowest BCUT2D eigenvalue weighted by molar-refractivity contribution is -0.142. The van der Waals surface area contributed by atoms with Crippen LogP contribution in [-0.2, 0) is 98.9 Å². The second kappa shape index (κ2) is 40.3. The highest BCUT2D eigenvalue weighted by Gasteiger charge is 2.38. The van der Waals surface area contributed by atoms with E-state index in [2.05, 4.69) is 66.5 Å². The number of alkyl halides is 15. The van der Waals surface area contributed by atoms with Crippen molar-refractivity contribution in [2.45, 2.75) is 63.7 Å². The smallest absolute Gasteiger partial charge is 0.435 e. The van der Waals surface area contributed by atoms with Crippen molar-refractivity contribution in [2.24, 2.45) is 35.2 Å². The summed E-state index contributed by atoms with van der Waals surface area (Å²) >= 11 is 0. The number of pyridine rings is 4. The molecule has 0 unspecified atom stereocenters. The minimum Gasteiger partial charge on any atom is -0.473 e. The zero-order valence-corrected chi connectivity index (χ0v) is 67.1. The van der Waals surface area contributed by atoms with Crippen molar-refractivity contribution in [3.8, 4) is 62.3 Å². The Hall–Kier alpha value is -14.7. The van der Waals surface area contributed by atoms with Crippen LogP contribution in [0.15, 0.2) is 225 Å². The molecule has 19 nitrogen and oxygen atoms in total. The van der Waals surface area contributed by atoms with Gasteiger partial charge in [0.25, 0.3) is 0 Å². The molecule has 15 rings (SSSR count). The van der Waals surface area contributed by atoms with Gasteiger partial charge in [0, 0.05) is 155 Å². The Bertz CT molecular complexity index is 5610. The van der Waals surface area contributed by atoms with Crippen LogP contribution in [0.25, 0.3) is 56.4 Å². The minimum atomic E-state index is -4.55. The number of nitrogens with one attached hydrogen (secondary N) is 4. The van der Waals surface area contributed by atoms with Crippen LogP contribution in [0.3, 0.4) is 0 Å². The third-order valence-corrected chi connectivity index (χ3v) is 18.7. The van der Waals surface area contributed by atoms with Crippen molar-refractivity contribution in [1.82, 2.24) is 68.4 Å². The van der Waals surface area contributed by atoms with E-state index in [1.54, 1.807) is 42.5 Å². The van der Waals surface area contributed by atoms with Gasteiger partial charge in [-0.05, 0) is 127 Å². The van der Waals surface area contributed by atoms with Crippen LogP contribution in [-0.4, -0.2) is 68.4 Å². The number of rotatable bonds is 20. The average molecular weight is 1820 g/mol. The molecule has 129 heavy (non-hydrogen) atoms. The molecule has 0 atom stereocenters. The molecule has 0 radical (unpaired) electrons. The number of aryl methyl sites for hydroxylation is 5. The Morgan fingerprint density at radius 3 is 0.922 bits per heavy atom. The first kappa shape index (κ1) is 95.0. The predicted molar refractivity (Wildman–Crippen MR) is 425 cm³/mol. The van der Waals surface area contributed by atoms with E-state index in [4.69, 9.17) is 4.74 Å². The predicted octanol–water partition coefficient (Wildman–Crippen LogP) is 22.4. The topological polar surface area (TPSA) is 198 Å². The number of halogens is 24. The molecule has 0 aliphatic carbocycles. The summed E-state index contributed by atoms with van der Waals surface area (Å²) in [7, 11) is 7.21. The maximum Gasteiger partial charge on any atom is 0.435 e. The Kier molecular flexibility index (Phi) is 29.7. The summed E-state index contributed by atoms with van der Waals surface area (Å²) in [5.41, 5.74) is -1.18. The maximum absolute atomic E-state index is 13.6. The minimum absolute atomic E-state index is 0.0783. The van der Waals surface area contributed by atoms with Crippen molar-refractivity contribution in [2.75, 3.05) is 21.3 Å². The molecule has 4 N–H and O–H groups in total. The Labute approximate surface area is 715 Å². The number of nitrogens with zero attached hydrogens (tertiary/aromatic N) is 14. The molecule has 674 valence electrons. The summed E-state index contributed by atoms with van der Waals surface area (Å²) in [4.78, 5) is 24.4. The van der Waals surface area contributed by atoms with Crippen molar-refractivity contribution in [3.63, 3.8) is 0 Å². The lowest BCUT2D eigenvalue weighted by Crippen LogP contribution is -2.06. The molecular weight excluding hydrogens is 1760 g/mol. The molecule has 0 aliphatic heterocycles. The molecule has 43 heteroatoms. The first-order valence-electron chi connectivity index (χ1n) is 37.4. The van der Waals surface area contributed by atoms with Crippen LogP contribution in [0.2, 0.25) is 0 Å². The van der Waals surface area contributed by atoms with Crippen molar-refractivity contribution in [1.29, 1.82) is 0 Å². The van der Waals surface area contributed by atoms with Gasteiger partial charge in [-0.1, -0.05) is 42.5 Å². The fraction of sp³-hybridized carbons (Fsp3) is 0.174. The molecule has 10 heterocycles. The van der Waals surface area contributed by atoms with Gasteiger partial charge in [-0.3, -0.25) is 14.0 Å². The number of aromatic nitrogens is 14. The van der Waals surface area contributed by atoms with Gasteiger partial charge in [-0.15, -0.1) is 0 Å². The van der Waals surface area contributed by atoms with E-state index in [-0.39, 0.29) is 95.3 Å². The number of hydrogen-bond donors (Lipinski definition) is 4. The van der Waals surface area contributed by atoms with E-state index in [0.29, 0.717) is 56.7 Å². The third kappa shape index (κ3) is 24.9. The summed E-state index contributed by atoms with van der Waals surface area (Å²) in [6.07, 6.45) is -12.4. The number of anilines is 4. The van der Waals surface area contributed by atoms with Crippen LogP contribution in [0.1, 0.15) is 56.0 Å². The van der Waals surface area contributed by atoms with Crippen LogP contribution < -0.4 is 26.0 Å². The highest BCUT2D eigenvalue weighted by atomic mass is 19.4. The maximum atomic E-state index is 13.6. The van der Waals surface area contributed by atoms with Gasteiger partial charge >= 0.3 is 30.9 Å². The fourth-order valence-corrected chi connectivity index (χ4v) is 12.0. The Balaban J connectivity index is 0.000000156. The van der Waals surface area contributed by atoms with Crippen molar-refractivity contribution < 1.29 is 110 Å². The number of hydrogen-bond acceptors (Lipinski definition) is 14. The summed E-state index contributed by atoms with van der Waals surface area (Å²) in [6, 6.07) is 37.7. The van der Waals surface area contributed by atoms with Gasteiger partial charge in [0.1, 0.15) is 87.9 Å². The molecule has 0 saturated heterocycles.